The van der Waals surface area contributed by atoms with Gasteiger partial charge in [-0.25, -0.2) is 0 Å². The zero-order valence-electron chi connectivity index (χ0n) is 7.80. The minimum Gasteiger partial charge on any atom is -0.424 e. The van der Waals surface area contributed by atoms with Crippen LogP contribution in [0.4, 0.5) is 0 Å². The number of thiophene rings is 1. The maximum Gasteiger partial charge on any atom is 0.233 e. The summed E-state index contributed by atoms with van der Waals surface area (Å²) in [5, 5.41) is 9.66. The molecule has 0 spiro atoms. The molecule has 0 aromatic carbocycles. The third-order valence-electron chi connectivity index (χ3n) is 1.86. The van der Waals surface area contributed by atoms with Gasteiger partial charge in [0.15, 0.2) is 0 Å². The van der Waals surface area contributed by atoms with Gasteiger partial charge in [-0.15, -0.1) is 21.5 Å². The molecule has 1 unspecified atom stereocenters. The van der Waals surface area contributed by atoms with Gasteiger partial charge >= 0.3 is 0 Å². The van der Waals surface area contributed by atoms with Crippen LogP contribution in [0.2, 0.25) is 0 Å². The fourth-order valence-corrected chi connectivity index (χ4v) is 1.96. The maximum absolute atomic E-state index is 5.91. The van der Waals surface area contributed by atoms with E-state index in [9.17, 15) is 0 Å². The Morgan fingerprint density at radius 3 is 3.00 bits per heavy atom. The summed E-state index contributed by atoms with van der Waals surface area (Å²) in [5.74, 6) is 1.07. The smallest absolute Gasteiger partial charge is 0.233 e. The molecule has 2 heterocycles. The van der Waals surface area contributed by atoms with Gasteiger partial charge in [0.2, 0.25) is 11.8 Å². The molecule has 0 saturated heterocycles. The summed E-state index contributed by atoms with van der Waals surface area (Å²) in [6.45, 7) is 1.76. The number of nitrogens with two attached hydrogens (primary N) is 1. The molecule has 0 saturated carbocycles. The SMILES string of the molecule is Cc1nnc(C(N)Cc2cccs2)o1. The van der Waals surface area contributed by atoms with Crippen molar-refractivity contribution in [2.75, 3.05) is 0 Å². The monoisotopic (exact) mass is 209 g/mol. The number of aromatic nitrogens is 2. The minimum atomic E-state index is -0.199. The zero-order chi connectivity index (χ0) is 9.97. The fraction of sp³-hybridized carbons (Fsp3) is 0.333. The second kappa shape index (κ2) is 3.89. The second-order valence-electron chi connectivity index (χ2n) is 3.05. The molecular formula is C9H11N3OS. The van der Waals surface area contributed by atoms with Crippen LogP contribution in [-0.2, 0) is 6.42 Å². The highest BCUT2D eigenvalue weighted by Gasteiger charge is 2.13. The summed E-state index contributed by atoms with van der Waals surface area (Å²) < 4.78 is 5.25. The maximum atomic E-state index is 5.91. The molecule has 1 atom stereocenters. The Labute approximate surface area is 85.8 Å². The van der Waals surface area contributed by atoms with Gasteiger partial charge in [0.25, 0.3) is 0 Å². The highest BCUT2D eigenvalue weighted by Crippen LogP contribution is 2.18. The van der Waals surface area contributed by atoms with Gasteiger partial charge in [-0.05, 0) is 11.4 Å². The Kier molecular flexibility index (Phi) is 2.60. The molecule has 74 valence electrons. The number of hydrogen-bond donors (Lipinski definition) is 1. The van der Waals surface area contributed by atoms with Crippen molar-refractivity contribution in [2.45, 2.75) is 19.4 Å². The Morgan fingerprint density at radius 1 is 1.57 bits per heavy atom. The lowest BCUT2D eigenvalue weighted by atomic mass is 10.2. The van der Waals surface area contributed by atoms with E-state index < -0.39 is 0 Å². The molecule has 2 aromatic heterocycles. The van der Waals surface area contributed by atoms with Crippen LogP contribution in [0.5, 0.6) is 0 Å². The van der Waals surface area contributed by atoms with Crippen molar-refractivity contribution < 1.29 is 4.42 Å². The Bertz CT molecular complexity index is 396. The van der Waals surface area contributed by atoms with Crippen molar-refractivity contribution in [3.63, 3.8) is 0 Å². The van der Waals surface area contributed by atoms with E-state index in [4.69, 9.17) is 10.2 Å². The molecule has 4 nitrogen and oxygen atoms in total. The molecule has 5 heteroatoms. The summed E-state index contributed by atoms with van der Waals surface area (Å²) in [6, 6.07) is 3.86. The van der Waals surface area contributed by atoms with Crippen molar-refractivity contribution in [3.8, 4) is 0 Å². The molecule has 2 N–H and O–H groups in total. The normalized spacial score (nSPS) is 13.0. The third-order valence-corrected chi connectivity index (χ3v) is 2.76. The van der Waals surface area contributed by atoms with Crippen LogP contribution in [0, 0.1) is 6.92 Å². The van der Waals surface area contributed by atoms with Crippen LogP contribution in [0.25, 0.3) is 0 Å². The first-order valence-electron chi connectivity index (χ1n) is 4.33. The van der Waals surface area contributed by atoms with Gasteiger partial charge in [0.05, 0.1) is 6.04 Å². The average molecular weight is 209 g/mol. The van der Waals surface area contributed by atoms with Gasteiger partial charge in [0, 0.05) is 18.2 Å². The molecule has 0 amide bonds. The van der Waals surface area contributed by atoms with E-state index in [1.807, 2.05) is 17.5 Å². The van der Waals surface area contributed by atoms with Crippen LogP contribution in [0.15, 0.2) is 21.9 Å². The summed E-state index contributed by atoms with van der Waals surface area (Å²) >= 11 is 1.68. The lowest BCUT2D eigenvalue weighted by Gasteiger charge is -2.03. The molecule has 2 aromatic rings. The Balaban J connectivity index is 2.06. The predicted octanol–water partition coefficient (Wildman–Crippen LogP) is 1.68. The molecule has 0 aliphatic carbocycles. The first-order valence-corrected chi connectivity index (χ1v) is 5.21. The number of nitrogens with zero attached hydrogens (tertiary/aromatic N) is 2. The van der Waals surface area contributed by atoms with Gasteiger partial charge in [-0.2, -0.15) is 0 Å². The molecule has 0 bridgehead atoms. The van der Waals surface area contributed by atoms with Crippen molar-refractivity contribution >= 4 is 11.3 Å². The molecule has 0 radical (unpaired) electrons. The van der Waals surface area contributed by atoms with Crippen molar-refractivity contribution in [3.05, 3.63) is 34.2 Å². The fourth-order valence-electron chi connectivity index (χ4n) is 1.19. The molecular weight excluding hydrogens is 198 g/mol. The van der Waals surface area contributed by atoms with E-state index in [2.05, 4.69) is 10.2 Å². The third kappa shape index (κ3) is 2.00. The van der Waals surface area contributed by atoms with Gasteiger partial charge in [-0.1, -0.05) is 6.07 Å². The standard InChI is InChI=1S/C9H11N3OS/c1-6-11-12-9(13-6)8(10)5-7-3-2-4-14-7/h2-4,8H,5,10H2,1H3. The van der Waals surface area contributed by atoms with Gasteiger partial charge in [0.1, 0.15) is 0 Å². The lowest BCUT2D eigenvalue weighted by molar-refractivity contribution is 0.430. The zero-order valence-corrected chi connectivity index (χ0v) is 8.62. The summed E-state index contributed by atoms with van der Waals surface area (Å²) in [6.07, 6.45) is 0.749. The van der Waals surface area contributed by atoms with Gasteiger partial charge in [-0.3, -0.25) is 0 Å². The molecule has 0 fully saturated rings. The summed E-state index contributed by atoms with van der Waals surface area (Å²) in [7, 11) is 0. The minimum absolute atomic E-state index is 0.199. The van der Waals surface area contributed by atoms with Crippen molar-refractivity contribution in [1.29, 1.82) is 0 Å². The average Bonchev–Trinajstić information content (AvgIpc) is 2.75. The van der Waals surface area contributed by atoms with E-state index in [0.717, 1.165) is 6.42 Å². The van der Waals surface area contributed by atoms with E-state index in [1.54, 1.807) is 18.3 Å². The number of aryl methyl sites for hydroxylation is 1. The van der Waals surface area contributed by atoms with Crippen LogP contribution in [-0.4, -0.2) is 10.2 Å². The summed E-state index contributed by atoms with van der Waals surface area (Å²) in [4.78, 5) is 1.23. The Morgan fingerprint density at radius 2 is 2.43 bits per heavy atom. The van der Waals surface area contributed by atoms with Crippen LogP contribution < -0.4 is 5.73 Å². The number of rotatable bonds is 3. The van der Waals surface area contributed by atoms with E-state index >= 15 is 0 Å². The Hall–Kier alpha value is -1.20. The second-order valence-corrected chi connectivity index (χ2v) is 4.08. The summed E-state index contributed by atoms with van der Waals surface area (Å²) in [5.41, 5.74) is 5.91. The topological polar surface area (TPSA) is 64.9 Å². The lowest BCUT2D eigenvalue weighted by Crippen LogP contribution is -2.13. The van der Waals surface area contributed by atoms with Crippen LogP contribution in [0.1, 0.15) is 22.7 Å². The molecule has 0 aliphatic heterocycles. The predicted molar refractivity (Wildman–Crippen MR) is 54.0 cm³/mol. The van der Waals surface area contributed by atoms with Gasteiger partial charge < -0.3 is 10.2 Å². The molecule has 14 heavy (non-hydrogen) atoms. The molecule has 0 aliphatic rings. The highest BCUT2D eigenvalue weighted by molar-refractivity contribution is 7.09. The van der Waals surface area contributed by atoms with Crippen molar-refractivity contribution in [2.24, 2.45) is 5.73 Å². The van der Waals surface area contributed by atoms with E-state index in [-0.39, 0.29) is 6.04 Å². The van der Waals surface area contributed by atoms with Crippen molar-refractivity contribution in [1.82, 2.24) is 10.2 Å². The molecule has 2 rings (SSSR count). The van der Waals surface area contributed by atoms with Crippen LogP contribution in [0.3, 0.4) is 0 Å². The number of hydrogen-bond acceptors (Lipinski definition) is 5. The first kappa shape index (κ1) is 9.36. The first-order chi connectivity index (χ1) is 6.75. The highest BCUT2D eigenvalue weighted by atomic mass is 32.1. The van der Waals surface area contributed by atoms with Crippen LogP contribution >= 0.6 is 11.3 Å². The quantitative estimate of drug-likeness (QED) is 0.835. The largest absolute Gasteiger partial charge is 0.424 e. The van der Waals surface area contributed by atoms with E-state index in [1.165, 1.54) is 4.88 Å². The van der Waals surface area contributed by atoms with E-state index in [0.29, 0.717) is 11.8 Å².